The van der Waals surface area contributed by atoms with Gasteiger partial charge in [0.15, 0.2) is 11.5 Å². The minimum absolute atomic E-state index is 0.0887. The van der Waals surface area contributed by atoms with E-state index in [2.05, 4.69) is 4.74 Å². The fraction of sp³-hybridized carbons (Fsp3) is 0.455. The van der Waals surface area contributed by atoms with Gasteiger partial charge in [0, 0.05) is 19.8 Å². The molecule has 4 heteroatoms. The summed E-state index contributed by atoms with van der Waals surface area (Å²) >= 11 is 0. The van der Waals surface area contributed by atoms with Crippen molar-refractivity contribution >= 4 is 11.8 Å². The number of ketones is 1. The Hall–Kier alpha value is -1.58. The number of aryl methyl sites for hydroxylation is 1. The van der Waals surface area contributed by atoms with Crippen LogP contribution in [0.4, 0.5) is 0 Å². The van der Waals surface area contributed by atoms with E-state index >= 15 is 0 Å². The number of hydrogen-bond donors (Lipinski definition) is 0. The number of carbonyl (C=O) groups is 2. The van der Waals surface area contributed by atoms with Gasteiger partial charge in [-0.15, -0.1) is 0 Å². The number of furan rings is 1. The first kappa shape index (κ1) is 11.5. The van der Waals surface area contributed by atoms with E-state index in [9.17, 15) is 9.59 Å². The van der Waals surface area contributed by atoms with Crippen LogP contribution in [0.3, 0.4) is 0 Å². The van der Waals surface area contributed by atoms with E-state index in [1.807, 2.05) is 0 Å². The van der Waals surface area contributed by atoms with Crippen LogP contribution >= 0.6 is 0 Å². The average Bonchev–Trinajstić information content (AvgIpc) is 2.66. The van der Waals surface area contributed by atoms with Gasteiger partial charge < -0.3 is 9.15 Å². The Morgan fingerprint density at radius 2 is 2.13 bits per heavy atom. The highest BCUT2D eigenvalue weighted by atomic mass is 16.5. The molecule has 0 bridgehead atoms. The Morgan fingerprint density at radius 3 is 2.67 bits per heavy atom. The highest BCUT2D eigenvalue weighted by Gasteiger charge is 2.07. The fourth-order valence-corrected chi connectivity index (χ4v) is 1.21. The van der Waals surface area contributed by atoms with Crippen molar-refractivity contribution in [2.24, 2.45) is 0 Å². The predicted molar refractivity (Wildman–Crippen MR) is 53.7 cm³/mol. The van der Waals surface area contributed by atoms with Crippen molar-refractivity contribution in [3.8, 4) is 0 Å². The van der Waals surface area contributed by atoms with Crippen LogP contribution in [0.2, 0.25) is 0 Å². The molecule has 4 nitrogen and oxygen atoms in total. The number of rotatable bonds is 5. The summed E-state index contributed by atoms with van der Waals surface area (Å²) in [5, 5.41) is 0. The van der Waals surface area contributed by atoms with Crippen LogP contribution in [0.25, 0.3) is 0 Å². The average molecular weight is 210 g/mol. The van der Waals surface area contributed by atoms with Crippen molar-refractivity contribution in [1.29, 1.82) is 0 Å². The van der Waals surface area contributed by atoms with Gasteiger partial charge in [0.05, 0.1) is 7.11 Å². The Morgan fingerprint density at radius 1 is 1.40 bits per heavy atom. The minimum atomic E-state index is -0.228. The molecular weight excluding hydrogens is 196 g/mol. The summed E-state index contributed by atoms with van der Waals surface area (Å²) in [4.78, 5) is 21.7. The number of carbonyl (C=O) groups excluding carboxylic acids is 2. The zero-order valence-electron chi connectivity index (χ0n) is 8.91. The molecule has 15 heavy (non-hydrogen) atoms. The van der Waals surface area contributed by atoms with Gasteiger partial charge in [-0.3, -0.25) is 9.59 Å². The summed E-state index contributed by atoms with van der Waals surface area (Å²) in [6.45, 7) is 1.46. The van der Waals surface area contributed by atoms with E-state index in [1.165, 1.54) is 14.0 Å². The van der Waals surface area contributed by atoms with Crippen molar-refractivity contribution < 1.29 is 18.7 Å². The maximum atomic E-state index is 10.9. The number of methoxy groups -OCH3 is 1. The van der Waals surface area contributed by atoms with Crippen LogP contribution in [-0.2, 0) is 16.0 Å². The summed E-state index contributed by atoms with van der Waals surface area (Å²) in [6, 6.07) is 3.41. The van der Waals surface area contributed by atoms with Crippen LogP contribution < -0.4 is 0 Å². The molecule has 0 aliphatic heterocycles. The molecule has 0 N–H and O–H groups in total. The summed E-state index contributed by atoms with van der Waals surface area (Å²) in [5.74, 6) is 0.773. The highest BCUT2D eigenvalue weighted by molar-refractivity contribution is 5.91. The molecule has 0 aliphatic carbocycles. The van der Waals surface area contributed by atoms with Gasteiger partial charge in [-0.1, -0.05) is 0 Å². The number of ether oxygens (including phenoxy) is 1. The zero-order valence-corrected chi connectivity index (χ0v) is 8.91. The Bertz CT molecular complexity index is 351. The molecule has 0 fully saturated rings. The molecule has 0 aliphatic rings. The number of hydrogen-bond acceptors (Lipinski definition) is 4. The van der Waals surface area contributed by atoms with Gasteiger partial charge in [0.2, 0.25) is 0 Å². The normalized spacial score (nSPS) is 10.0. The summed E-state index contributed by atoms with van der Waals surface area (Å²) in [6.07, 6.45) is 1.67. The molecule has 0 saturated carbocycles. The van der Waals surface area contributed by atoms with Crippen molar-refractivity contribution in [3.63, 3.8) is 0 Å². The van der Waals surface area contributed by atoms with E-state index in [-0.39, 0.29) is 11.8 Å². The van der Waals surface area contributed by atoms with Gasteiger partial charge in [-0.25, -0.2) is 0 Å². The second-order valence-corrected chi connectivity index (χ2v) is 3.25. The van der Waals surface area contributed by atoms with Crippen molar-refractivity contribution in [2.75, 3.05) is 7.11 Å². The Labute approximate surface area is 88.2 Å². The van der Waals surface area contributed by atoms with Crippen molar-refractivity contribution in [2.45, 2.75) is 26.2 Å². The van der Waals surface area contributed by atoms with Crippen LogP contribution in [0.5, 0.6) is 0 Å². The Balaban J connectivity index is 2.38. The van der Waals surface area contributed by atoms with Gasteiger partial charge in [0.1, 0.15) is 5.76 Å². The lowest BCUT2D eigenvalue weighted by Gasteiger charge is -1.97. The predicted octanol–water partition coefficient (Wildman–Crippen LogP) is 1.98. The second-order valence-electron chi connectivity index (χ2n) is 3.25. The van der Waals surface area contributed by atoms with Crippen LogP contribution in [0.15, 0.2) is 16.5 Å². The molecule has 1 aromatic rings. The molecule has 0 atom stereocenters. The van der Waals surface area contributed by atoms with Crippen LogP contribution in [0.1, 0.15) is 36.1 Å². The quantitative estimate of drug-likeness (QED) is 0.550. The first-order valence-electron chi connectivity index (χ1n) is 4.80. The summed E-state index contributed by atoms with van der Waals surface area (Å²) in [5.41, 5.74) is 0. The molecule has 0 spiro atoms. The SMILES string of the molecule is COC(=O)CCCc1ccc(C(C)=O)o1. The molecule has 1 aromatic heterocycles. The standard InChI is InChI=1S/C11H14O4/c1-8(12)10-7-6-9(15-10)4-3-5-11(13)14-2/h6-7H,3-5H2,1-2H3. The zero-order chi connectivity index (χ0) is 11.3. The smallest absolute Gasteiger partial charge is 0.305 e. The van der Waals surface area contributed by atoms with Crippen LogP contribution in [-0.4, -0.2) is 18.9 Å². The number of Topliss-reactive ketones (excluding diaryl/α,β-unsaturated/α-hetero) is 1. The maximum absolute atomic E-state index is 10.9. The van der Waals surface area contributed by atoms with Crippen molar-refractivity contribution in [3.05, 3.63) is 23.7 Å². The third kappa shape index (κ3) is 3.58. The lowest BCUT2D eigenvalue weighted by molar-refractivity contribution is -0.140. The molecule has 0 unspecified atom stereocenters. The fourth-order valence-electron chi connectivity index (χ4n) is 1.21. The largest absolute Gasteiger partial charge is 0.469 e. The van der Waals surface area contributed by atoms with E-state index < -0.39 is 0 Å². The molecule has 1 rings (SSSR count). The topological polar surface area (TPSA) is 56.5 Å². The highest BCUT2D eigenvalue weighted by Crippen LogP contribution is 2.11. The molecule has 0 amide bonds. The van der Waals surface area contributed by atoms with Gasteiger partial charge in [-0.2, -0.15) is 0 Å². The minimum Gasteiger partial charge on any atom is -0.469 e. The van der Waals surface area contributed by atoms with Crippen LogP contribution in [0, 0.1) is 0 Å². The molecule has 0 saturated heterocycles. The van der Waals surface area contributed by atoms with E-state index in [0.29, 0.717) is 25.0 Å². The van der Waals surface area contributed by atoms with E-state index in [4.69, 9.17) is 4.42 Å². The third-order valence-corrected chi connectivity index (χ3v) is 2.04. The van der Waals surface area contributed by atoms with E-state index in [1.54, 1.807) is 12.1 Å². The van der Waals surface area contributed by atoms with Gasteiger partial charge in [-0.05, 0) is 18.6 Å². The molecular formula is C11H14O4. The van der Waals surface area contributed by atoms with Crippen molar-refractivity contribution in [1.82, 2.24) is 0 Å². The third-order valence-electron chi connectivity index (χ3n) is 2.04. The maximum Gasteiger partial charge on any atom is 0.305 e. The second kappa shape index (κ2) is 5.34. The molecule has 1 heterocycles. The van der Waals surface area contributed by atoms with Gasteiger partial charge in [0.25, 0.3) is 0 Å². The Kier molecular flexibility index (Phi) is 4.09. The molecule has 0 aromatic carbocycles. The first-order chi connectivity index (χ1) is 7.13. The molecule has 0 radical (unpaired) electrons. The van der Waals surface area contributed by atoms with Gasteiger partial charge >= 0.3 is 5.97 Å². The number of esters is 1. The van der Waals surface area contributed by atoms with E-state index in [0.717, 1.165) is 5.76 Å². The summed E-state index contributed by atoms with van der Waals surface area (Å²) in [7, 11) is 1.36. The lowest BCUT2D eigenvalue weighted by atomic mass is 10.2. The first-order valence-corrected chi connectivity index (χ1v) is 4.80. The summed E-state index contributed by atoms with van der Waals surface area (Å²) < 4.78 is 9.77. The lowest BCUT2D eigenvalue weighted by Crippen LogP contribution is -2.00. The monoisotopic (exact) mass is 210 g/mol. The molecule has 82 valence electrons.